The molecule has 0 spiro atoms. The molecule has 1 aromatic carbocycles. The van der Waals surface area contributed by atoms with Gasteiger partial charge in [0.2, 0.25) is 0 Å². The third-order valence-corrected chi connectivity index (χ3v) is 3.03. The van der Waals surface area contributed by atoms with E-state index in [4.69, 9.17) is 0 Å². The summed E-state index contributed by atoms with van der Waals surface area (Å²) < 4.78 is 1.92. The summed E-state index contributed by atoms with van der Waals surface area (Å²) in [6, 6.07) is 10.2. The maximum atomic E-state index is 4.48. The van der Waals surface area contributed by atoms with E-state index in [1.165, 1.54) is 0 Å². The molecule has 3 rings (SSSR count). The third-order valence-electron chi connectivity index (χ3n) is 3.03. The minimum absolute atomic E-state index is 0.800. The molecule has 1 N–H and O–H groups in total. The molecule has 0 saturated heterocycles. The largest absolute Gasteiger partial charge is 0.278 e. The summed E-state index contributed by atoms with van der Waals surface area (Å²) in [7, 11) is 0. The molecule has 2 aromatic heterocycles. The fourth-order valence-electron chi connectivity index (χ4n) is 2.10. The summed E-state index contributed by atoms with van der Waals surface area (Å²) >= 11 is 0. The standard InChI is InChI=1S/C14H15N5/c1-3-19-14(16-10(2)18-19)12-6-4-11(5-7-12)13-8-9-15-17-13/h4-9H,3H2,1-2H3,(H,15,17). The number of aryl methyl sites for hydroxylation is 2. The highest BCUT2D eigenvalue weighted by Gasteiger charge is 2.08. The molecule has 0 aliphatic rings. The molecule has 0 aliphatic carbocycles. The Kier molecular flexibility index (Phi) is 2.87. The molecule has 0 aliphatic heterocycles. The summed E-state index contributed by atoms with van der Waals surface area (Å²) in [6.07, 6.45) is 1.75. The van der Waals surface area contributed by atoms with Crippen LogP contribution in [-0.4, -0.2) is 25.0 Å². The van der Waals surface area contributed by atoms with Crippen LogP contribution in [0.4, 0.5) is 0 Å². The fourth-order valence-corrected chi connectivity index (χ4v) is 2.10. The highest BCUT2D eigenvalue weighted by atomic mass is 15.3. The number of hydrogen-bond donors (Lipinski definition) is 1. The lowest BCUT2D eigenvalue weighted by molar-refractivity contribution is 0.660. The molecule has 0 radical (unpaired) electrons. The third kappa shape index (κ3) is 2.14. The number of benzene rings is 1. The number of nitrogens with zero attached hydrogens (tertiary/aromatic N) is 4. The molecule has 0 saturated carbocycles. The zero-order valence-electron chi connectivity index (χ0n) is 11.0. The van der Waals surface area contributed by atoms with E-state index in [1.807, 2.05) is 17.7 Å². The first kappa shape index (κ1) is 11.6. The van der Waals surface area contributed by atoms with Crippen LogP contribution in [0.25, 0.3) is 22.6 Å². The summed E-state index contributed by atoms with van der Waals surface area (Å²) in [5.74, 6) is 1.71. The molecule has 0 bridgehead atoms. The molecule has 0 unspecified atom stereocenters. The Morgan fingerprint density at radius 2 is 1.84 bits per heavy atom. The average Bonchev–Trinajstić information content (AvgIpc) is 3.08. The quantitative estimate of drug-likeness (QED) is 0.780. The lowest BCUT2D eigenvalue weighted by Crippen LogP contribution is -1.99. The summed E-state index contributed by atoms with van der Waals surface area (Å²) in [6.45, 7) is 4.80. The van der Waals surface area contributed by atoms with Gasteiger partial charge in [-0.2, -0.15) is 10.2 Å². The van der Waals surface area contributed by atoms with Crippen LogP contribution in [-0.2, 0) is 6.54 Å². The van der Waals surface area contributed by atoms with Gasteiger partial charge in [-0.15, -0.1) is 0 Å². The second kappa shape index (κ2) is 4.68. The number of aromatic nitrogens is 5. The lowest BCUT2D eigenvalue weighted by atomic mass is 10.1. The minimum atomic E-state index is 0.800. The number of H-pyrrole nitrogens is 1. The van der Waals surface area contributed by atoms with Crippen LogP contribution in [0.2, 0.25) is 0 Å². The molecule has 19 heavy (non-hydrogen) atoms. The zero-order valence-corrected chi connectivity index (χ0v) is 11.0. The Hall–Kier alpha value is -2.43. The van der Waals surface area contributed by atoms with Gasteiger partial charge in [-0.1, -0.05) is 24.3 Å². The normalized spacial score (nSPS) is 10.8. The van der Waals surface area contributed by atoms with Crippen LogP contribution in [0.15, 0.2) is 36.5 Å². The maximum absolute atomic E-state index is 4.48. The molecule has 0 amide bonds. The van der Waals surface area contributed by atoms with E-state index in [2.05, 4.69) is 51.5 Å². The van der Waals surface area contributed by atoms with Gasteiger partial charge in [0.15, 0.2) is 5.82 Å². The first-order chi connectivity index (χ1) is 9.28. The fraction of sp³-hybridized carbons (Fsp3) is 0.214. The van der Waals surface area contributed by atoms with E-state index < -0.39 is 0 Å². The van der Waals surface area contributed by atoms with Gasteiger partial charge in [-0.3, -0.25) is 5.10 Å². The lowest BCUT2D eigenvalue weighted by Gasteiger charge is -2.04. The molecular formula is C14H15N5. The van der Waals surface area contributed by atoms with Crippen LogP contribution in [0.1, 0.15) is 12.7 Å². The Morgan fingerprint density at radius 1 is 1.11 bits per heavy atom. The van der Waals surface area contributed by atoms with Crippen LogP contribution in [0.3, 0.4) is 0 Å². The van der Waals surface area contributed by atoms with Crippen molar-refractivity contribution in [3.05, 3.63) is 42.4 Å². The van der Waals surface area contributed by atoms with Crippen molar-refractivity contribution in [3.8, 4) is 22.6 Å². The van der Waals surface area contributed by atoms with Crippen molar-refractivity contribution in [2.75, 3.05) is 0 Å². The van der Waals surface area contributed by atoms with Crippen LogP contribution in [0.5, 0.6) is 0 Å². The van der Waals surface area contributed by atoms with Crippen molar-refractivity contribution in [1.82, 2.24) is 25.0 Å². The Labute approximate surface area is 111 Å². The van der Waals surface area contributed by atoms with Crippen LogP contribution >= 0.6 is 0 Å². The second-order valence-corrected chi connectivity index (χ2v) is 4.35. The van der Waals surface area contributed by atoms with E-state index in [9.17, 15) is 0 Å². The van der Waals surface area contributed by atoms with Crippen molar-refractivity contribution in [2.45, 2.75) is 20.4 Å². The predicted octanol–water partition coefficient (Wildman–Crippen LogP) is 2.66. The van der Waals surface area contributed by atoms with E-state index in [0.717, 1.165) is 35.0 Å². The van der Waals surface area contributed by atoms with Crippen LogP contribution in [0, 0.1) is 6.92 Å². The Bertz CT molecular complexity index is 664. The average molecular weight is 253 g/mol. The first-order valence-corrected chi connectivity index (χ1v) is 6.29. The van der Waals surface area contributed by atoms with Gasteiger partial charge >= 0.3 is 0 Å². The molecule has 0 atom stereocenters. The van der Waals surface area contributed by atoms with Crippen molar-refractivity contribution in [1.29, 1.82) is 0 Å². The molecule has 3 aromatic rings. The van der Waals surface area contributed by atoms with Gasteiger partial charge in [-0.25, -0.2) is 9.67 Å². The van der Waals surface area contributed by atoms with Crippen molar-refractivity contribution < 1.29 is 0 Å². The predicted molar refractivity (Wildman–Crippen MR) is 73.5 cm³/mol. The van der Waals surface area contributed by atoms with Crippen LogP contribution < -0.4 is 0 Å². The van der Waals surface area contributed by atoms with Gasteiger partial charge in [0, 0.05) is 18.3 Å². The molecule has 96 valence electrons. The summed E-state index contributed by atoms with van der Waals surface area (Å²) in [4.78, 5) is 4.48. The second-order valence-electron chi connectivity index (χ2n) is 4.35. The van der Waals surface area contributed by atoms with E-state index in [0.29, 0.717) is 0 Å². The van der Waals surface area contributed by atoms with Crippen molar-refractivity contribution in [2.24, 2.45) is 0 Å². The number of nitrogens with one attached hydrogen (secondary N) is 1. The molecule has 0 fully saturated rings. The van der Waals surface area contributed by atoms with E-state index in [-0.39, 0.29) is 0 Å². The van der Waals surface area contributed by atoms with Gasteiger partial charge in [0.25, 0.3) is 0 Å². The van der Waals surface area contributed by atoms with Gasteiger partial charge in [0.1, 0.15) is 5.82 Å². The van der Waals surface area contributed by atoms with Gasteiger partial charge in [-0.05, 0) is 25.5 Å². The zero-order chi connectivity index (χ0) is 13.2. The van der Waals surface area contributed by atoms with Gasteiger partial charge < -0.3 is 0 Å². The Morgan fingerprint density at radius 3 is 2.47 bits per heavy atom. The molecule has 2 heterocycles. The summed E-state index contributed by atoms with van der Waals surface area (Å²) in [5.41, 5.74) is 3.20. The van der Waals surface area contributed by atoms with Gasteiger partial charge in [0.05, 0.1) is 5.69 Å². The van der Waals surface area contributed by atoms with E-state index >= 15 is 0 Å². The number of hydrogen-bond acceptors (Lipinski definition) is 3. The SMILES string of the molecule is CCn1nc(C)nc1-c1ccc(-c2ccn[nH]2)cc1. The smallest absolute Gasteiger partial charge is 0.158 e. The minimum Gasteiger partial charge on any atom is -0.278 e. The van der Waals surface area contributed by atoms with Crippen molar-refractivity contribution in [3.63, 3.8) is 0 Å². The Balaban J connectivity index is 1.98. The topological polar surface area (TPSA) is 59.4 Å². The highest BCUT2D eigenvalue weighted by Crippen LogP contribution is 2.22. The summed E-state index contributed by atoms with van der Waals surface area (Å²) in [5, 5.41) is 11.3. The first-order valence-electron chi connectivity index (χ1n) is 6.29. The highest BCUT2D eigenvalue weighted by molar-refractivity contribution is 5.64. The molecule has 5 nitrogen and oxygen atoms in total. The number of aromatic amines is 1. The van der Waals surface area contributed by atoms with E-state index in [1.54, 1.807) is 6.20 Å². The molecule has 5 heteroatoms. The van der Waals surface area contributed by atoms with Crippen molar-refractivity contribution >= 4 is 0 Å². The molecular weight excluding hydrogens is 238 g/mol. The maximum Gasteiger partial charge on any atom is 0.158 e. The monoisotopic (exact) mass is 253 g/mol. The number of rotatable bonds is 3.